The van der Waals surface area contributed by atoms with E-state index in [0.717, 1.165) is 10.2 Å². The van der Waals surface area contributed by atoms with Gasteiger partial charge in [-0.3, -0.25) is 14.2 Å². The van der Waals surface area contributed by atoms with Crippen molar-refractivity contribution >= 4 is 27.8 Å². The predicted molar refractivity (Wildman–Crippen MR) is 90.6 cm³/mol. The normalized spacial score (nSPS) is 10.7. The fraction of sp³-hybridized carbons (Fsp3) is 0.467. The second-order valence-electron chi connectivity index (χ2n) is 5.18. The van der Waals surface area contributed by atoms with E-state index in [2.05, 4.69) is 26.1 Å². The number of aryl methyl sites for hydroxylation is 2. The number of rotatable bonds is 6. The molecule has 0 saturated carbocycles. The van der Waals surface area contributed by atoms with E-state index in [-0.39, 0.29) is 23.9 Å². The molecule has 0 atom stereocenters. The summed E-state index contributed by atoms with van der Waals surface area (Å²) in [5.41, 5.74) is 1.34. The standard InChI is InChI=1S/C15H20BrN5O3/c1-5-21-13(10(16)8-17-21)9-19(3)14(22)11-7-12(20(4)18-11)15(23)24-6-2/h7-8H,5-6,9H2,1-4H3. The maximum absolute atomic E-state index is 12.6. The summed E-state index contributed by atoms with van der Waals surface area (Å²) in [6.45, 7) is 5.05. The molecular weight excluding hydrogens is 378 g/mol. The molecule has 0 saturated heterocycles. The van der Waals surface area contributed by atoms with Crippen LogP contribution in [0.1, 0.15) is 40.5 Å². The van der Waals surface area contributed by atoms with E-state index in [1.54, 1.807) is 27.2 Å². The summed E-state index contributed by atoms with van der Waals surface area (Å²) >= 11 is 3.44. The molecule has 8 nitrogen and oxygen atoms in total. The zero-order valence-corrected chi connectivity index (χ0v) is 15.7. The second-order valence-corrected chi connectivity index (χ2v) is 6.03. The van der Waals surface area contributed by atoms with Crippen LogP contribution in [0.5, 0.6) is 0 Å². The second kappa shape index (κ2) is 7.61. The molecule has 0 aliphatic rings. The Balaban J connectivity index is 2.18. The Hall–Kier alpha value is -2.16. The van der Waals surface area contributed by atoms with Crippen molar-refractivity contribution in [2.75, 3.05) is 13.7 Å². The summed E-state index contributed by atoms with van der Waals surface area (Å²) in [6.07, 6.45) is 1.71. The number of aromatic nitrogens is 4. The van der Waals surface area contributed by atoms with Crippen molar-refractivity contribution in [3.8, 4) is 0 Å². The molecule has 0 N–H and O–H groups in total. The average molecular weight is 398 g/mol. The minimum atomic E-state index is -0.499. The largest absolute Gasteiger partial charge is 0.461 e. The molecule has 9 heteroatoms. The van der Waals surface area contributed by atoms with Crippen molar-refractivity contribution in [2.24, 2.45) is 7.05 Å². The Morgan fingerprint density at radius 3 is 2.71 bits per heavy atom. The van der Waals surface area contributed by atoms with Gasteiger partial charge in [0.2, 0.25) is 0 Å². The molecule has 2 aromatic heterocycles. The molecule has 24 heavy (non-hydrogen) atoms. The van der Waals surface area contributed by atoms with Crippen LogP contribution >= 0.6 is 15.9 Å². The first-order chi connectivity index (χ1) is 11.4. The van der Waals surface area contributed by atoms with Gasteiger partial charge in [0.1, 0.15) is 5.69 Å². The molecule has 0 aromatic carbocycles. The first kappa shape index (κ1) is 18.2. The van der Waals surface area contributed by atoms with Crippen LogP contribution < -0.4 is 0 Å². The molecule has 2 aromatic rings. The van der Waals surface area contributed by atoms with Gasteiger partial charge in [0.25, 0.3) is 5.91 Å². The van der Waals surface area contributed by atoms with E-state index in [1.165, 1.54) is 15.6 Å². The quantitative estimate of drug-likeness (QED) is 0.694. The van der Waals surface area contributed by atoms with E-state index in [0.29, 0.717) is 13.1 Å². The van der Waals surface area contributed by atoms with Gasteiger partial charge in [0.15, 0.2) is 5.69 Å². The average Bonchev–Trinajstić information content (AvgIpc) is 3.10. The fourth-order valence-electron chi connectivity index (χ4n) is 2.28. The molecule has 0 radical (unpaired) electrons. The third-order valence-corrected chi connectivity index (χ3v) is 4.18. The van der Waals surface area contributed by atoms with Gasteiger partial charge in [-0.2, -0.15) is 10.2 Å². The van der Waals surface area contributed by atoms with Crippen LogP contribution in [-0.4, -0.2) is 50.0 Å². The molecular formula is C15H20BrN5O3. The van der Waals surface area contributed by atoms with Crippen LogP contribution in [0.2, 0.25) is 0 Å². The van der Waals surface area contributed by atoms with E-state index in [9.17, 15) is 9.59 Å². The monoisotopic (exact) mass is 397 g/mol. The Bertz CT molecular complexity index is 752. The number of hydrogen-bond acceptors (Lipinski definition) is 5. The van der Waals surface area contributed by atoms with Gasteiger partial charge in [-0.05, 0) is 29.8 Å². The first-order valence-corrected chi connectivity index (χ1v) is 8.35. The molecule has 2 heterocycles. The van der Waals surface area contributed by atoms with Crippen LogP contribution in [-0.2, 0) is 24.9 Å². The molecule has 0 aliphatic carbocycles. The number of nitrogens with zero attached hydrogens (tertiary/aromatic N) is 5. The van der Waals surface area contributed by atoms with Crippen LogP contribution in [0.4, 0.5) is 0 Å². The Morgan fingerprint density at radius 1 is 1.38 bits per heavy atom. The van der Waals surface area contributed by atoms with Crippen molar-refractivity contribution < 1.29 is 14.3 Å². The molecule has 0 spiro atoms. The third-order valence-electron chi connectivity index (χ3n) is 3.51. The SMILES string of the molecule is CCOC(=O)c1cc(C(=O)N(C)Cc2c(Br)cnn2CC)nn1C. The van der Waals surface area contributed by atoms with Gasteiger partial charge in [-0.25, -0.2) is 4.79 Å². The maximum Gasteiger partial charge on any atom is 0.356 e. The van der Waals surface area contributed by atoms with Crippen molar-refractivity contribution in [3.63, 3.8) is 0 Å². The summed E-state index contributed by atoms with van der Waals surface area (Å²) in [5, 5.41) is 8.35. The molecule has 0 fully saturated rings. The van der Waals surface area contributed by atoms with Crippen LogP contribution in [0.15, 0.2) is 16.7 Å². The number of halogens is 1. The van der Waals surface area contributed by atoms with Gasteiger partial charge in [0, 0.05) is 26.7 Å². The van der Waals surface area contributed by atoms with Crippen molar-refractivity contribution in [1.29, 1.82) is 0 Å². The zero-order valence-electron chi connectivity index (χ0n) is 14.1. The molecule has 2 rings (SSSR count). The third kappa shape index (κ3) is 3.66. The number of hydrogen-bond donors (Lipinski definition) is 0. The van der Waals surface area contributed by atoms with Crippen molar-refractivity contribution in [2.45, 2.75) is 26.9 Å². The fourth-order valence-corrected chi connectivity index (χ4v) is 2.70. The lowest BCUT2D eigenvalue weighted by atomic mass is 10.3. The number of esters is 1. The highest BCUT2D eigenvalue weighted by molar-refractivity contribution is 9.10. The molecule has 0 unspecified atom stereocenters. The van der Waals surface area contributed by atoms with Crippen molar-refractivity contribution in [1.82, 2.24) is 24.5 Å². The van der Waals surface area contributed by atoms with E-state index < -0.39 is 5.97 Å². The lowest BCUT2D eigenvalue weighted by Crippen LogP contribution is -2.28. The van der Waals surface area contributed by atoms with Gasteiger partial charge < -0.3 is 9.64 Å². The Kier molecular flexibility index (Phi) is 5.76. The summed E-state index contributed by atoms with van der Waals surface area (Å²) in [7, 11) is 3.28. The maximum atomic E-state index is 12.6. The van der Waals surface area contributed by atoms with Gasteiger partial charge in [-0.1, -0.05) is 0 Å². The van der Waals surface area contributed by atoms with E-state index in [4.69, 9.17) is 4.74 Å². The topological polar surface area (TPSA) is 82.2 Å². The zero-order chi connectivity index (χ0) is 17.9. The highest BCUT2D eigenvalue weighted by Gasteiger charge is 2.22. The Labute approximate surface area is 148 Å². The van der Waals surface area contributed by atoms with Gasteiger partial charge in [-0.15, -0.1) is 0 Å². The lowest BCUT2D eigenvalue weighted by Gasteiger charge is -2.17. The molecule has 0 aliphatic heterocycles. The summed E-state index contributed by atoms with van der Waals surface area (Å²) in [4.78, 5) is 25.9. The smallest absolute Gasteiger partial charge is 0.356 e. The molecule has 0 bridgehead atoms. The van der Waals surface area contributed by atoms with Gasteiger partial charge >= 0.3 is 5.97 Å². The van der Waals surface area contributed by atoms with Crippen LogP contribution in [0, 0.1) is 0 Å². The predicted octanol–water partition coefficient (Wildman–Crippen LogP) is 1.85. The minimum Gasteiger partial charge on any atom is -0.461 e. The summed E-state index contributed by atoms with van der Waals surface area (Å²) < 4.78 is 8.96. The van der Waals surface area contributed by atoms with E-state index >= 15 is 0 Å². The number of ether oxygens (including phenoxy) is 1. The highest BCUT2D eigenvalue weighted by atomic mass is 79.9. The Morgan fingerprint density at radius 2 is 2.08 bits per heavy atom. The summed E-state index contributed by atoms with van der Waals surface area (Å²) in [6, 6.07) is 1.45. The molecule has 1 amide bonds. The van der Waals surface area contributed by atoms with E-state index in [1.807, 2.05) is 11.6 Å². The van der Waals surface area contributed by atoms with Crippen molar-refractivity contribution in [3.05, 3.63) is 33.8 Å². The first-order valence-electron chi connectivity index (χ1n) is 7.55. The number of amides is 1. The van der Waals surface area contributed by atoms with Gasteiger partial charge in [0.05, 0.1) is 29.5 Å². The summed E-state index contributed by atoms with van der Waals surface area (Å²) in [5.74, 6) is -0.780. The lowest BCUT2D eigenvalue weighted by molar-refractivity contribution is 0.0513. The molecule has 130 valence electrons. The number of carbonyl (C=O) groups excluding carboxylic acids is 2. The van der Waals surface area contributed by atoms with Crippen LogP contribution in [0.3, 0.4) is 0 Å². The number of carbonyl (C=O) groups is 2. The van der Waals surface area contributed by atoms with Crippen LogP contribution in [0.25, 0.3) is 0 Å². The minimum absolute atomic E-state index is 0.196. The highest BCUT2D eigenvalue weighted by Crippen LogP contribution is 2.18.